The van der Waals surface area contributed by atoms with Crippen LogP contribution in [0.1, 0.15) is 50.2 Å². The predicted molar refractivity (Wildman–Crippen MR) is 90.9 cm³/mol. The highest BCUT2D eigenvalue weighted by Crippen LogP contribution is 2.40. The monoisotopic (exact) mass is 334 g/mol. The molecule has 0 bridgehead atoms. The minimum absolute atomic E-state index is 0.178. The third-order valence-corrected chi connectivity index (χ3v) is 6.20. The van der Waals surface area contributed by atoms with E-state index < -0.39 is 5.91 Å². The molecule has 1 aliphatic carbocycles. The molecule has 0 spiro atoms. The Hall–Kier alpha value is -1.66. The van der Waals surface area contributed by atoms with Gasteiger partial charge in [-0.1, -0.05) is 19.4 Å². The molecular formula is C16H18N2O2S2. The fraction of sp³-hybridized carbons (Fsp3) is 0.375. The van der Waals surface area contributed by atoms with Gasteiger partial charge in [-0.2, -0.15) is 0 Å². The first-order chi connectivity index (χ1) is 10.6. The van der Waals surface area contributed by atoms with Crippen LogP contribution in [0.2, 0.25) is 0 Å². The van der Waals surface area contributed by atoms with Crippen molar-refractivity contribution in [3.05, 3.63) is 38.4 Å². The summed E-state index contributed by atoms with van der Waals surface area (Å²) in [5, 5.41) is 5.33. The Bertz CT molecular complexity index is 704. The minimum atomic E-state index is -0.450. The molecule has 0 saturated carbocycles. The number of fused-ring (bicyclic) bond motifs is 1. The number of carbonyl (C=O) groups is 2. The van der Waals surface area contributed by atoms with Gasteiger partial charge in [0.25, 0.3) is 11.8 Å². The zero-order valence-electron chi connectivity index (χ0n) is 12.3. The largest absolute Gasteiger partial charge is 0.365 e. The van der Waals surface area contributed by atoms with Crippen molar-refractivity contribution >= 4 is 39.5 Å². The molecule has 0 saturated heterocycles. The van der Waals surface area contributed by atoms with Crippen molar-refractivity contribution in [1.82, 2.24) is 0 Å². The van der Waals surface area contributed by atoms with E-state index in [1.54, 1.807) is 6.07 Å². The number of nitrogens with one attached hydrogen (secondary N) is 1. The van der Waals surface area contributed by atoms with Crippen LogP contribution in [0.4, 0.5) is 5.00 Å². The molecular weight excluding hydrogens is 316 g/mol. The standard InChI is InChI=1S/C16H18N2O2S2/c1-2-9-5-6-10-12(8-9)22-16(13(10)14(17)19)18-15(20)11-4-3-7-21-11/h3-4,7,9H,2,5-6,8H2,1H3,(H2,17,19)(H,18,20). The summed E-state index contributed by atoms with van der Waals surface area (Å²) in [5.41, 5.74) is 7.12. The van der Waals surface area contributed by atoms with Crippen LogP contribution >= 0.6 is 22.7 Å². The first-order valence-corrected chi connectivity index (χ1v) is 9.09. The van der Waals surface area contributed by atoms with Gasteiger partial charge >= 0.3 is 0 Å². The summed E-state index contributed by atoms with van der Waals surface area (Å²) in [6, 6.07) is 3.60. The number of primary amides is 1. The molecule has 2 aromatic heterocycles. The topological polar surface area (TPSA) is 72.2 Å². The lowest BCUT2D eigenvalue weighted by Crippen LogP contribution is -2.19. The Kier molecular flexibility index (Phi) is 4.31. The van der Waals surface area contributed by atoms with Gasteiger partial charge in [-0.3, -0.25) is 9.59 Å². The Labute approximate surface area is 137 Å². The average molecular weight is 334 g/mol. The van der Waals surface area contributed by atoms with E-state index in [1.165, 1.54) is 27.6 Å². The highest BCUT2D eigenvalue weighted by atomic mass is 32.1. The van der Waals surface area contributed by atoms with E-state index in [2.05, 4.69) is 12.2 Å². The van der Waals surface area contributed by atoms with Gasteiger partial charge in [0.2, 0.25) is 0 Å². The summed E-state index contributed by atoms with van der Waals surface area (Å²) in [4.78, 5) is 25.9. The van der Waals surface area contributed by atoms with Gasteiger partial charge in [0.05, 0.1) is 10.4 Å². The maximum absolute atomic E-state index is 12.2. The van der Waals surface area contributed by atoms with E-state index in [9.17, 15) is 9.59 Å². The summed E-state index contributed by atoms with van der Waals surface area (Å²) < 4.78 is 0. The Morgan fingerprint density at radius 2 is 2.27 bits per heavy atom. The van der Waals surface area contributed by atoms with Crippen molar-refractivity contribution in [2.24, 2.45) is 11.7 Å². The summed E-state index contributed by atoms with van der Waals surface area (Å²) in [5.74, 6) is 0.0322. The molecule has 3 rings (SSSR count). The number of nitrogens with two attached hydrogens (primary N) is 1. The van der Waals surface area contributed by atoms with Crippen molar-refractivity contribution < 1.29 is 9.59 Å². The Morgan fingerprint density at radius 3 is 2.91 bits per heavy atom. The van der Waals surface area contributed by atoms with Crippen molar-refractivity contribution in [1.29, 1.82) is 0 Å². The van der Waals surface area contributed by atoms with E-state index in [-0.39, 0.29) is 5.91 Å². The second kappa shape index (κ2) is 6.22. The second-order valence-electron chi connectivity index (χ2n) is 5.52. The first-order valence-electron chi connectivity index (χ1n) is 7.39. The molecule has 1 aliphatic rings. The van der Waals surface area contributed by atoms with Crippen molar-refractivity contribution in [2.75, 3.05) is 5.32 Å². The first kappa shape index (κ1) is 15.2. The second-order valence-corrected chi connectivity index (χ2v) is 7.57. The lowest BCUT2D eigenvalue weighted by molar-refractivity contribution is 0.1000. The van der Waals surface area contributed by atoms with Gasteiger partial charge in [0, 0.05) is 4.88 Å². The SMILES string of the molecule is CCC1CCc2c(sc(NC(=O)c3cccs3)c2C(N)=O)C1. The van der Waals surface area contributed by atoms with Gasteiger partial charge in [0.1, 0.15) is 5.00 Å². The molecule has 2 amide bonds. The Balaban J connectivity index is 1.92. The average Bonchev–Trinajstić information content (AvgIpc) is 3.13. The van der Waals surface area contributed by atoms with Crippen molar-refractivity contribution in [3.8, 4) is 0 Å². The molecule has 2 aromatic rings. The molecule has 3 N–H and O–H groups in total. The minimum Gasteiger partial charge on any atom is -0.365 e. The van der Waals surface area contributed by atoms with Crippen LogP contribution in [0.3, 0.4) is 0 Å². The van der Waals surface area contributed by atoms with Crippen LogP contribution in [-0.4, -0.2) is 11.8 Å². The van der Waals surface area contributed by atoms with Crippen LogP contribution < -0.4 is 11.1 Å². The number of carbonyl (C=O) groups excluding carboxylic acids is 2. The van der Waals surface area contributed by atoms with Gasteiger partial charge < -0.3 is 11.1 Å². The molecule has 6 heteroatoms. The summed E-state index contributed by atoms with van der Waals surface area (Å²) >= 11 is 2.89. The molecule has 0 aliphatic heterocycles. The highest BCUT2D eigenvalue weighted by molar-refractivity contribution is 7.17. The molecule has 116 valence electrons. The number of hydrogen-bond donors (Lipinski definition) is 2. The quantitative estimate of drug-likeness (QED) is 0.895. The van der Waals surface area contributed by atoms with E-state index in [1.807, 2.05) is 11.4 Å². The maximum Gasteiger partial charge on any atom is 0.266 e. The molecule has 4 nitrogen and oxygen atoms in total. The molecule has 0 aromatic carbocycles. The smallest absolute Gasteiger partial charge is 0.266 e. The van der Waals surface area contributed by atoms with Crippen LogP contribution in [-0.2, 0) is 12.8 Å². The molecule has 22 heavy (non-hydrogen) atoms. The van der Waals surface area contributed by atoms with Crippen LogP contribution in [0.15, 0.2) is 17.5 Å². The van der Waals surface area contributed by atoms with Crippen LogP contribution in [0.5, 0.6) is 0 Å². The number of thiophene rings is 2. The van der Waals surface area contributed by atoms with Crippen molar-refractivity contribution in [3.63, 3.8) is 0 Å². The number of anilines is 1. The third kappa shape index (κ3) is 2.80. The molecule has 1 atom stereocenters. The van der Waals surface area contributed by atoms with E-state index in [0.29, 0.717) is 21.4 Å². The number of rotatable bonds is 4. The van der Waals surface area contributed by atoms with Gasteiger partial charge in [0.15, 0.2) is 0 Å². The molecule has 1 unspecified atom stereocenters. The highest BCUT2D eigenvalue weighted by Gasteiger charge is 2.28. The maximum atomic E-state index is 12.2. The van der Waals surface area contributed by atoms with Crippen LogP contribution in [0.25, 0.3) is 0 Å². The van der Waals surface area contributed by atoms with Gasteiger partial charge in [-0.15, -0.1) is 22.7 Å². The van der Waals surface area contributed by atoms with E-state index in [0.717, 1.165) is 31.2 Å². The predicted octanol–water partition coefficient (Wildman–Crippen LogP) is 3.68. The normalized spacial score (nSPS) is 17.0. The lowest BCUT2D eigenvalue weighted by Gasteiger charge is -2.20. The summed E-state index contributed by atoms with van der Waals surface area (Å²) in [6.07, 6.45) is 4.07. The van der Waals surface area contributed by atoms with Gasteiger partial charge in [-0.25, -0.2) is 0 Å². The molecule has 0 fully saturated rings. The van der Waals surface area contributed by atoms with Crippen LogP contribution in [0, 0.1) is 5.92 Å². The number of amides is 2. The summed E-state index contributed by atoms with van der Waals surface area (Å²) in [7, 11) is 0. The van der Waals surface area contributed by atoms with E-state index in [4.69, 9.17) is 5.73 Å². The third-order valence-electron chi connectivity index (χ3n) is 4.16. The zero-order valence-corrected chi connectivity index (χ0v) is 14.0. The zero-order chi connectivity index (χ0) is 15.7. The lowest BCUT2D eigenvalue weighted by atomic mass is 9.85. The molecule has 0 radical (unpaired) electrons. The Morgan fingerprint density at radius 1 is 1.45 bits per heavy atom. The number of hydrogen-bond acceptors (Lipinski definition) is 4. The van der Waals surface area contributed by atoms with Crippen molar-refractivity contribution in [2.45, 2.75) is 32.6 Å². The van der Waals surface area contributed by atoms with Gasteiger partial charge in [-0.05, 0) is 42.2 Å². The van der Waals surface area contributed by atoms with E-state index >= 15 is 0 Å². The fourth-order valence-corrected chi connectivity index (χ4v) is 4.91. The molecule has 2 heterocycles. The summed E-state index contributed by atoms with van der Waals surface area (Å²) in [6.45, 7) is 2.19. The fourth-order valence-electron chi connectivity index (χ4n) is 2.92.